The number of aryl methyl sites for hydroxylation is 1. The number of hydrogen-bond donors (Lipinski definition) is 2. The molecule has 0 atom stereocenters. The third-order valence-electron chi connectivity index (χ3n) is 5.87. The molecule has 3 aromatic carbocycles. The molecule has 5 rings (SSSR count). The Morgan fingerprint density at radius 3 is 2.61 bits per heavy atom. The van der Waals surface area contributed by atoms with Crippen LogP contribution in [0.3, 0.4) is 0 Å². The predicted molar refractivity (Wildman–Crippen MR) is 146 cm³/mol. The summed E-state index contributed by atoms with van der Waals surface area (Å²) in [6.07, 6.45) is 3.51. The number of rotatable bonds is 8. The molecule has 2 heterocycles. The average molecular weight is 527 g/mol. The molecule has 190 valence electrons. The molecule has 2 amide bonds. The summed E-state index contributed by atoms with van der Waals surface area (Å²) in [6.45, 7) is 2.43. The Morgan fingerprint density at radius 2 is 1.79 bits per heavy atom. The van der Waals surface area contributed by atoms with Gasteiger partial charge in [0.25, 0.3) is 5.91 Å². The topological polar surface area (TPSA) is 101 Å². The summed E-state index contributed by atoms with van der Waals surface area (Å²) in [4.78, 5) is 24.9. The third-order valence-corrected chi connectivity index (χ3v) is 6.71. The van der Waals surface area contributed by atoms with Crippen LogP contribution in [-0.4, -0.2) is 32.8 Å². The number of nitrogens with zero attached hydrogens (tertiary/aromatic N) is 4. The van der Waals surface area contributed by atoms with E-state index in [9.17, 15) is 14.0 Å². The fraction of sp³-hybridized carbons (Fsp3) is 0.107. The van der Waals surface area contributed by atoms with Gasteiger partial charge >= 0.3 is 0 Å². The molecular weight excluding hydrogens is 503 g/mol. The zero-order valence-corrected chi connectivity index (χ0v) is 21.2. The Hall–Kier alpha value is -4.70. The highest BCUT2D eigenvalue weighted by Crippen LogP contribution is 2.22. The molecule has 0 aliphatic rings. The van der Waals surface area contributed by atoms with Crippen LogP contribution in [0.25, 0.3) is 10.9 Å². The normalized spacial score (nSPS) is 11.2. The van der Waals surface area contributed by atoms with Crippen molar-refractivity contribution < 1.29 is 14.0 Å². The fourth-order valence-corrected chi connectivity index (χ4v) is 4.75. The smallest absolute Gasteiger partial charge is 0.257 e. The van der Waals surface area contributed by atoms with Crippen molar-refractivity contribution in [1.82, 2.24) is 20.2 Å². The Kier molecular flexibility index (Phi) is 7.32. The van der Waals surface area contributed by atoms with E-state index in [1.165, 1.54) is 12.1 Å². The van der Waals surface area contributed by atoms with Gasteiger partial charge in [-0.25, -0.2) is 9.82 Å². The van der Waals surface area contributed by atoms with Gasteiger partial charge in [0.1, 0.15) is 10.8 Å². The van der Waals surface area contributed by atoms with Gasteiger partial charge in [-0.15, -0.1) is 10.2 Å². The van der Waals surface area contributed by atoms with E-state index in [0.717, 1.165) is 38.9 Å². The minimum atomic E-state index is -0.357. The number of hydrogen-bond acceptors (Lipinski definition) is 6. The van der Waals surface area contributed by atoms with Gasteiger partial charge in [-0.1, -0.05) is 59.9 Å². The molecule has 0 spiro atoms. The van der Waals surface area contributed by atoms with Crippen molar-refractivity contribution in [2.75, 3.05) is 5.32 Å². The van der Waals surface area contributed by atoms with Crippen LogP contribution in [0.15, 0.2) is 84.1 Å². The van der Waals surface area contributed by atoms with Gasteiger partial charge in [0.2, 0.25) is 11.0 Å². The van der Waals surface area contributed by atoms with Crippen molar-refractivity contribution in [1.29, 1.82) is 0 Å². The van der Waals surface area contributed by atoms with Gasteiger partial charge < -0.3 is 4.57 Å². The Balaban J connectivity index is 1.21. The summed E-state index contributed by atoms with van der Waals surface area (Å²) < 4.78 is 15.3. The first kappa shape index (κ1) is 25.0. The van der Waals surface area contributed by atoms with Gasteiger partial charge in [0.15, 0.2) is 0 Å². The number of anilines is 1. The van der Waals surface area contributed by atoms with Crippen LogP contribution in [0.5, 0.6) is 0 Å². The van der Waals surface area contributed by atoms with Gasteiger partial charge in [0.05, 0.1) is 12.6 Å². The van der Waals surface area contributed by atoms with Gasteiger partial charge in [-0.05, 0) is 42.3 Å². The predicted octanol–water partition coefficient (Wildman–Crippen LogP) is 4.93. The Labute approximate surface area is 221 Å². The van der Waals surface area contributed by atoms with E-state index < -0.39 is 0 Å². The zero-order chi connectivity index (χ0) is 26.5. The van der Waals surface area contributed by atoms with E-state index in [2.05, 4.69) is 30.6 Å². The lowest BCUT2D eigenvalue weighted by Crippen LogP contribution is -2.19. The zero-order valence-electron chi connectivity index (χ0n) is 20.4. The minimum Gasteiger partial charge on any atom is -0.342 e. The fourth-order valence-electron chi connectivity index (χ4n) is 4.01. The molecule has 2 N–H and O–H groups in total. The number of hydrazone groups is 1. The number of halogens is 1. The SMILES string of the molecule is Cc1ccccc1C(=O)Nc1nnc(CC(=O)N/N=C/c2cn(Cc3ccc(F)cc3)c3ccccc23)s1. The second-order valence-electron chi connectivity index (χ2n) is 8.60. The van der Waals surface area contributed by atoms with Crippen LogP contribution in [0.1, 0.15) is 32.1 Å². The lowest BCUT2D eigenvalue weighted by molar-refractivity contribution is -0.120. The second kappa shape index (κ2) is 11.1. The van der Waals surface area contributed by atoms with Crippen LogP contribution in [-0.2, 0) is 17.8 Å². The average Bonchev–Trinajstić information content (AvgIpc) is 3.49. The lowest BCUT2D eigenvalue weighted by atomic mass is 10.1. The molecule has 0 unspecified atom stereocenters. The first-order valence-corrected chi connectivity index (χ1v) is 12.6. The number of nitrogens with one attached hydrogen (secondary N) is 2. The summed E-state index contributed by atoms with van der Waals surface area (Å²) >= 11 is 1.13. The van der Waals surface area contributed by atoms with Crippen molar-refractivity contribution in [2.45, 2.75) is 19.9 Å². The number of carbonyl (C=O) groups excluding carboxylic acids is 2. The molecule has 0 aliphatic carbocycles. The highest BCUT2D eigenvalue weighted by atomic mass is 32.1. The Morgan fingerprint density at radius 1 is 1.03 bits per heavy atom. The van der Waals surface area contributed by atoms with Gasteiger partial charge in [0, 0.05) is 34.8 Å². The van der Waals surface area contributed by atoms with Crippen LogP contribution < -0.4 is 10.7 Å². The van der Waals surface area contributed by atoms with E-state index in [1.54, 1.807) is 30.5 Å². The number of benzene rings is 3. The number of carbonyl (C=O) groups is 2. The number of para-hydroxylation sites is 1. The summed E-state index contributed by atoms with van der Waals surface area (Å²) in [5, 5.41) is 16.6. The maximum Gasteiger partial charge on any atom is 0.257 e. The van der Waals surface area contributed by atoms with Crippen LogP contribution in [0.2, 0.25) is 0 Å². The van der Waals surface area contributed by atoms with E-state index in [-0.39, 0.29) is 24.1 Å². The number of aromatic nitrogens is 3. The van der Waals surface area contributed by atoms with E-state index in [4.69, 9.17) is 0 Å². The summed E-state index contributed by atoms with van der Waals surface area (Å²) in [7, 11) is 0. The summed E-state index contributed by atoms with van der Waals surface area (Å²) in [5.41, 5.74) is 6.73. The van der Waals surface area contributed by atoms with Crippen molar-refractivity contribution >= 4 is 45.4 Å². The molecule has 0 fully saturated rings. The van der Waals surface area contributed by atoms with Crippen LogP contribution >= 0.6 is 11.3 Å². The molecule has 5 aromatic rings. The molecule has 0 saturated carbocycles. The van der Waals surface area contributed by atoms with Crippen LogP contribution in [0.4, 0.5) is 9.52 Å². The Bertz CT molecular complexity index is 1640. The summed E-state index contributed by atoms with van der Waals surface area (Å²) in [5.74, 6) is -0.908. The van der Waals surface area contributed by atoms with E-state index in [0.29, 0.717) is 22.2 Å². The lowest BCUT2D eigenvalue weighted by Gasteiger charge is -2.05. The minimum absolute atomic E-state index is 0.0262. The highest BCUT2D eigenvalue weighted by molar-refractivity contribution is 7.15. The quantitative estimate of drug-likeness (QED) is 0.221. The second-order valence-corrected chi connectivity index (χ2v) is 9.66. The molecule has 10 heteroatoms. The monoisotopic (exact) mass is 526 g/mol. The molecule has 38 heavy (non-hydrogen) atoms. The van der Waals surface area contributed by atoms with E-state index >= 15 is 0 Å². The van der Waals surface area contributed by atoms with E-state index in [1.807, 2.05) is 49.5 Å². The molecule has 0 bridgehead atoms. The van der Waals surface area contributed by atoms with Crippen molar-refractivity contribution in [3.8, 4) is 0 Å². The van der Waals surface area contributed by atoms with Gasteiger partial charge in [-0.3, -0.25) is 14.9 Å². The maximum absolute atomic E-state index is 13.3. The first-order chi connectivity index (χ1) is 18.5. The standard InChI is InChI=1S/C28H23FN6O2S/c1-18-6-2-3-7-22(18)27(37)31-28-34-33-26(38-28)14-25(36)32-30-15-20-17-35(24-9-5-4-8-23(20)24)16-19-10-12-21(29)13-11-19/h2-13,15,17H,14,16H2,1H3,(H,32,36)(H,31,34,37)/b30-15+. The number of amides is 2. The largest absolute Gasteiger partial charge is 0.342 e. The molecule has 0 saturated heterocycles. The molecular formula is C28H23FN6O2S. The van der Waals surface area contributed by atoms with Crippen molar-refractivity contribution in [2.24, 2.45) is 5.10 Å². The number of fused-ring (bicyclic) bond motifs is 1. The van der Waals surface area contributed by atoms with Crippen molar-refractivity contribution in [3.05, 3.63) is 112 Å². The molecule has 8 nitrogen and oxygen atoms in total. The first-order valence-electron chi connectivity index (χ1n) is 11.8. The van der Waals surface area contributed by atoms with Crippen LogP contribution in [0, 0.1) is 12.7 Å². The molecule has 2 aromatic heterocycles. The van der Waals surface area contributed by atoms with Gasteiger partial charge in [-0.2, -0.15) is 5.10 Å². The molecule has 0 radical (unpaired) electrons. The molecule has 0 aliphatic heterocycles. The van der Waals surface area contributed by atoms with Crippen molar-refractivity contribution in [3.63, 3.8) is 0 Å². The maximum atomic E-state index is 13.3. The highest BCUT2D eigenvalue weighted by Gasteiger charge is 2.14. The summed E-state index contributed by atoms with van der Waals surface area (Å²) in [6, 6.07) is 21.5. The third kappa shape index (κ3) is 5.81.